The predicted molar refractivity (Wildman–Crippen MR) is 69.5 cm³/mol. The number of ether oxygens (including phenoxy) is 1. The second-order valence-electron chi connectivity index (χ2n) is 3.88. The zero-order valence-electron chi connectivity index (χ0n) is 10.1. The van der Waals surface area contributed by atoms with Gasteiger partial charge in [-0.25, -0.2) is 4.39 Å². The molecule has 0 aliphatic rings. The Kier molecular flexibility index (Phi) is 3.33. The number of methoxy groups -OCH3 is 1. The number of hydrogen-bond donors (Lipinski definition) is 1. The number of benzene rings is 2. The summed E-state index contributed by atoms with van der Waals surface area (Å²) in [6.45, 7) is 0. The van der Waals surface area contributed by atoms with Gasteiger partial charge in [0.25, 0.3) is 5.69 Å². The lowest BCUT2D eigenvalue weighted by Gasteiger charge is -2.07. The van der Waals surface area contributed by atoms with E-state index in [1.807, 2.05) is 0 Å². The summed E-state index contributed by atoms with van der Waals surface area (Å²) in [5.41, 5.74) is 5.89. The van der Waals surface area contributed by atoms with Crippen LogP contribution in [0.3, 0.4) is 0 Å². The summed E-state index contributed by atoms with van der Waals surface area (Å²) in [5, 5.41) is 10.8. The Morgan fingerprint density at radius 3 is 2.63 bits per heavy atom. The first-order valence-corrected chi connectivity index (χ1v) is 5.40. The van der Waals surface area contributed by atoms with Gasteiger partial charge in [-0.05, 0) is 29.8 Å². The Bertz CT molecular complexity index is 644. The molecule has 0 unspecified atom stereocenters. The van der Waals surface area contributed by atoms with Crippen LogP contribution in [0.15, 0.2) is 36.4 Å². The van der Waals surface area contributed by atoms with Crippen molar-refractivity contribution >= 4 is 11.4 Å². The molecule has 0 bridgehead atoms. The molecule has 2 rings (SSSR count). The Morgan fingerprint density at radius 2 is 2.00 bits per heavy atom. The largest absolute Gasteiger partial charge is 0.497 e. The van der Waals surface area contributed by atoms with Gasteiger partial charge in [-0.15, -0.1) is 0 Å². The molecule has 0 radical (unpaired) electrons. The highest BCUT2D eigenvalue weighted by molar-refractivity contribution is 5.73. The molecule has 0 aliphatic heterocycles. The van der Waals surface area contributed by atoms with Gasteiger partial charge in [-0.3, -0.25) is 10.1 Å². The first-order valence-electron chi connectivity index (χ1n) is 5.40. The standard InChI is InChI=1S/C13H11FN2O3/c1-19-9-3-4-11(14)10(7-9)8-2-5-12(15)13(6-8)16(17)18/h2-7H,15H2,1H3. The summed E-state index contributed by atoms with van der Waals surface area (Å²) in [6, 6.07) is 8.35. The van der Waals surface area contributed by atoms with Crippen molar-refractivity contribution in [1.82, 2.24) is 0 Å². The van der Waals surface area contributed by atoms with Crippen molar-refractivity contribution in [2.75, 3.05) is 12.8 Å². The quantitative estimate of drug-likeness (QED) is 0.524. The molecule has 98 valence electrons. The highest BCUT2D eigenvalue weighted by atomic mass is 19.1. The summed E-state index contributed by atoms with van der Waals surface area (Å²) in [4.78, 5) is 10.2. The summed E-state index contributed by atoms with van der Waals surface area (Å²) in [5.74, 6) is -0.0178. The molecular formula is C13H11FN2O3. The van der Waals surface area contributed by atoms with Gasteiger partial charge in [0.05, 0.1) is 12.0 Å². The molecule has 0 heterocycles. The van der Waals surface area contributed by atoms with Crippen LogP contribution < -0.4 is 10.5 Å². The van der Waals surface area contributed by atoms with E-state index in [4.69, 9.17) is 10.5 Å². The van der Waals surface area contributed by atoms with E-state index in [-0.39, 0.29) is 16.9 Å². The number of anilines is 1. The Morgan fingerprint density at radius 1 is 1.26 bits per heavy atom. The van der Waals surface area contributed by atoms with Gasteiger partial charge in [0.1, 0.15) is 17.3 Å². The van der Waals surface area contributed by atoms with Gasteiger partial charge in [0, 0.05) is 11.6 Å². The van der Waals surface area contributed by atoms with Crippen LogP contribution in [0.2, 0.25) is 0 Å². The fourth-order valence-electron chi connectivity index (χ4n) is 1.72. The van der Waals surface area contributed by atoms with E-state index in [1.54, 1.807) is 0 Å². The van der Waals surface area contributed by atoms with Crippen LogP contribution in [0.1, 0.15) is 0 Å². The lowest BCUT2D eigenvalue weighted by Crippen LogP contribution is -1.96. The van der Waals surface area contributed by atoms with Gasteiger partial charge in [0.15, 0.2) is 0 Å². The van der Waals surface area contributed by atoms with Gasteiger partial charge >= 0.3 is 0 Å². The Labute approximate surface area is 108 Å². The van der Waals surface area contributed by atoms with Crippen molar-refractivity contribution in [1.29, 1.82) is 0 Å². The summed E-state index contributed by atoms with van der Waals surface area (Å²) in [7, 11) is 1.46. The minimum atomic E-state index is -0.600. The molecule has 19 heavy (non-hydrogen) atoms. The molecule has 0 fully saturated rings. The first-order chi connectivity index (χ1) is 9.02. The zero-order chi connectivity index (χ0) is 14.0. The van der Waals surface area contributed by atoms with E-state index < -0.39 is 10.7 Å². The summed E-state index contributed by atoms with van der Waals surface area (Å²) < 4.78 is 18.8. The van der Waals surface area contributed by atoms with Crippen LogP contribution in [0.5, 0.6) is 5.75 Å². The van der Waals surface area contributed by atoms with E-state index in [9.17, 15) is 14.5 Å². The minimum absolute atomic E-state index is 0.0389. The number of nitrogen functional groups attached to an aromatic ring is 1. The molecule has 6 heteroatoms. The van der Waals surface area contributed by atoms with E-state index in [0.717, 1.165) is 0 Å². The maximum Gasteiger partial charge on any atom is 0.292 e. The molecule has 2 aromatic rings. The van der Waals surface area contributed by atoms with Gasteiger partial charge in [0.2, 0.25) is 0 Å². The molecule has 2 N–H and O–H groups in total. The zero-order valence-corrected chi connectivity index (χ0v) is 10.1. The van der Waals surface area contributed by atoms with E-state index in [1.165, 1.54) is 43.5 Å². The second-order valence-corrected chi connectivity index (χ2v) is 3.88. The topological polar surface area (TPSA) is 78.4 Å². The van der Waals surface area contributed by atoms with Crippen LogP contribution >= 0.6 is 0 Å². The summed E-state index contributed by atoms with van der Waals surface area (Å²) in [6.07, 6.45) is 0. The number of nitro benzene ring substituents is 1. The second kappa shape index (κ2) is 4.93. The normalized spacial score (nSPS) is 10.2. The van der Waals surface area contributed by atoms with Crippen LogP contribution in [0, 0.1) is 15.9 Å². The van der Waals surface area contributed by atoms with Crippen LogP contribution in [0.4, 0.5) is 15.8 Å². The highest BCUT2D eigenvalue weighted by Crippen LogP contribution is 2.32. The molecule has 0 aromatic heterocycles. The maximum absolute atomic E-state index is 13.8. The highest BCUT2D eigenvalue weighted by Gasteiger charge is 2.15. The number of nitro groups is 1. The molecule has 0 amide bonds. The molecule has 2 aromatic carbocycles. The fraction of sp³-hybridized carbons (Fsp3) is 0.0769. The van der Waals surface area contributed by atoms with E-state index in [2.05, 4.69) is 0 Å². The van der Waals surface area contributed by atoms with Crippen molar-refractivity contribution in [3.63, 3.8) is 0 Å². The molecule has 0 atom stereocenters. The first kappa shape index (κ1) is 12.8. The van der Waals surface area contributed by atoms with Crippen LogP contribution in [-0.2, 0) is 0 Å². The van der Waals surface area contributed by atoms with Crippen molar-refractivity contribution in [3.05, 3.63) is 52.3 Å². The van der Waals surface area contributed by atoms with Crippen molar-refractivity contribution in [2.24, 2.45) is 0 Å². The van der Waals surface area contributed by atoms with Gasteiger partial charge < -0.3 is 10.5 Å². The SMILES string of the molecule is COc1ccc(F)c(-c2ccc(N)c([N+](=O)[O-])c2)c1. The molecule has 0 saturated carbocycles. The average Bonchev–Trinajstić information content (AvgIpc) is 2.40. The van der Waals surface area contributed by atoms with E-state index in [0.29, 0.717) is 11.3 Å². The molecular weight excluding hydrogens is 251 g/mol. The molecule has 0 spiro atoms. The third kappa shape index (κ3) is 2.47. The van der Waals surface area contributed by atoms with Crippen molar-refractivity contribution in [2.45, 2.75) is 0 Å². The lowest BCUT2D eigenvalue weighted by atomic mass is 10.0. The predicted octanol–water partition coefficient (Wildman–Crippen LogP) is 2.99. The average molecular weight is 262 g/mol. The van der Waals surface area contributed by atoms with Crippen LogP contribution in [0.25, 0.3) is 11.1 Å². The third-order valence-electron chi connectivity index (χ3n) is 2.71. The van der Waals surface area contributed by atoms with E-state index >= 15 is 0 Å². The number of nitrogens with zero attached hydrogens (tertiary/aromatic N) is 1. The fourth-order valence-corrected chi connectivity index (χ4v) is 1.72. The van der Waals surface area contributed by atoms with Crippen LogP contribution in [-0.4, -0.2) is 12.0 Å². The molecule has 0 aliphatic carbocycles. The van der Waals surface area contributed by atoms with Crippen molar-refractivity contribution in [3.8, 4) is 16.9 Å². The number of halogens is 1. The monoisotopic (exact) mass is 262 g/mol. The maximum atomic E-state index is 13.8. The summed E-state index contributed by atoms with van der Waals surface area (Å²) >= 11 is 0. The number of nitrogens with two attached hydrogens (primary N) is 1. The van der Waals surface area contributed by atoms with Gasteiger partial charge in [-0.2, -0.15) is 0 Å². The lowest BCUT2D eigenvalue weighted by molar-refractivity contribution is -0.383. The third-order valence-corrected chi connectivity index (χ3v) is 2.71. The Balaban J connectivity index is 2.59. The molecule has 5 nitrogen and oxygen atoms in total. The number of hydrogen-bond acceptors (Lipinski definition) is 4. The molecule has 0 saturated heterocycles. The van der Waals surface area contributed by atoms with Crippen molar-refractivity contribution < 1.29 is 14.1 Å². The number of rotatable bonds is 3. The van der Waals surface area contributed by atoms with Gasteiger partial charge in [-0.1, -0.05) is 6.07 Å². The Hall–Kier alpha value is -2.63. The smallest absolute Gasteiger partial charge is 0.292 e. The minimum Gasteiger partial charge on any atom is -0.497 e.